The van der Waals surface area contributed by atoms with Gasteiger partial charge >= 0.3 is 0 Å². The average molecular weight is 546 g/mol. The molecule has 0 bridgehead atoms. The van der Waals surface area contributed by atoms with Crippen LogP contribution in [0.4, 0.5) is 0 Å². The molecule has 1 aliphatic heterocycles. The molecule has 2 N–H and O–H groups in total. The topological polar surface area (TPSA) is 56.7 Å². The van der Waals surface area contributed by atoms with Gasteiger partial charge in [-0.25, -0.2) is 0 Å². The number of hydrogen-bond donors (Lipinski definition) is 2. The Bertz CT molecular complexity index is 888. The van der Waals surface area contributed by atoms with Gasteiger partial charge in [-0.05, 0) is 55.4 Å². The molecule has 0 spiro atoms. The first-order chi connectivity index (χ1) is 15.2. The highest BCUT2D eigenvalue weighted by Crippen LogP contribution is 2.43. The van der Waals surface area contributed by atoms with Crippen molar-refractivity contribution in [2.24, 2.45) is 4.99 Å². The van der Waals surface area contributed by atoms with Crippen molar-refractivity contribution in [1.29, 1.82) is 0 Å². The molecule has 32 heavy (non-hydrogen) atoms. The van der Waals surface area contributed by atoms with E-state index in [0.29, 0.717) is 6.54 Å². The maximum Gasteiger partial charge on any atom is 0.253 e. The predicted molar refractivity (Wildman–Crippen MR) is 142 cm³/mol. The molecule has 1 heterocycles. The molecule has 1 saturated heterocycles. The maximum atomic E-state index is 12.6. The molecule has 5 nitrogen and oxygen atoms in total. The number of guanidine groups is 1. The van der Waals surface area contributed by atoms with Gasteiger partial charge < -0.3 is 15.5 Å². The van der Waals surface area contributed by atoms with Crippen LogP contribution in [-0.4, -0.2) is 43.4 Å². The van der Waals surface area contributed by atoms with E-state index in [0.717, 1.165) is 49.6 Å². The van der Waals surface area contributed by atoms with Gasteiger partial charge in [0, 0.05) is 44.2 Å². The molecule has 172 valence electrons. The number of likely N-dealkylation sites (tertiary alicyclic amines) is 1. The van der Waals surface area contributed by atoms with E-state index >= 15 is 0 Å². The van der Waals surface area contributed by atoms with Crippen molar-refractivity contribution in [3.8, 4) is 0 Å². The zero-order valence-electron chi connectivity index (χ0n) is 19.0. The van der Waals surface area contributed by atoms with E-state index in [2.05, 4.69) is 46.0 Å². The van der Waals surface area contributed by atoms with E-state index in [1.54, 1.807) is 0 Å². The van der Waals surface area contributed by atoms with Gasteiger partial charge in [-0.3, -0.25) is 9.79 Å². The number of benzene rings is 2. The lowest BCUT2D eigenvalue weighted by Gasteiger charge is -2.43. The lowest BCUT2D eigenvalue weighted by Crippen LogP contribution is -2.48. The van der Waals surface area contributed by atoms with E-state index in [1.807, 2.05) is 36.2 Å². The number of carbonyl (C=O) groups excluding carboxylic acids is 1. The number of halogens is 1. The first kappa shape index (κ1) is 24.6. The second-order valence-electron chi connectivity index (χ2n) is 8.83. The second-order valence-corrected chi connectivity index (χ2v) is 8.83. The summed E-state index contributed by atoms with van der Waals surface area (Å²) < 4.78 is 0. The van der Waals surface area contributed by atoms with E-state index < -0.39 is 0 Å². The number of hydrogen-bond acceptors (Lipinski definition) is 2. The molecule has 0 radical (unpaired) electrons. The SMILES string of the molecule is CN=C(NCc1ccc(C(=O)N2CCCCC2)cc1)NCC1(c2ccccc2)CCC1.I. The Morgan fingerprint density at radius 3 is 2.22 bits per heavy atom. The number of piperidine rings is 1. The van der Waals surface area contributed by atoms with Crippen molar-refractivity contribution >= 4 is 35.8 Å². The lowest BCUT2D eigenvalue weighted by molar-refractivity contribution is 0.0724. The van der Waals surface area contributed by atoms with Crippen molar-refractivity contribution in [1.82, 2.24) is 15.5 Å². The minimum Gasteiger partial charge on any atom is -0.356 e. The van der Waals surface area contributed by atoms with Gasteiger partial charge in [0.05, 0.1) is 0 Å². The smallest absolute Gasteiger partial charge is 0.253 e. The number of nitrogens with zero attached hydrogens (tertiary/aromatic N) is 2. The summed E-state index contributed by atoms with van der Waals surface area (Å²) in [7, 11) is 1.81. The summed E-state index contributed by atoms with van der Waals surface area (Å²) in [5, 5.41) is 6.95. The highest BCUT2D eigenvalue weighted by atomic mass is 127. The first-order valence-electron chi connectivity index (χ1n) is 11.6. The molecular weight excluding hydrogens is 511 g/mol. The van der Waals surface area contributed by atoms with Crippen molar-refractivity contribution in [3.05, 3.63) is 71.3 Å². The van der Waals surface area contributed by atoms with Crippen LogP contribution in [-0.2, 0) is 12.0 Å². The Morgan fingerprint density at radius 2 is 1.62 bits per heavy atom. The fourth-order valence-corrected chi connectivity index (χ4v) is 4.67. The van der Waals surface area contributed by atoms with E-state index in [1.165, 1.54) is 31.2 Å². The van der Waals surface area contributed by atoms with Crippen LogP contribution in [0.1, 0.15) is 60.0 Å². The third-order valence-corrected chi connectivity index (χ3v) is 6.82. The fraction of sp³-hybridized carbons (Fsp3) is 0.462. The van der Waals surface area contributed by atoms with Crippen LogP contribution in [0.25, 0.3) is 0 Å². The number of nitrogens with one attached hydrogen (secondary N) is 2. The molecule has 1 saturated carbocycles. The Hall–Kier alpha value is -2.09. The third kappa shape index (κ3) is 5.82. The van der Waals surface area contributed by atoms with Gasteiger partial charge in [0.2, 0.25) is 0 Å². The third-order valence-electron chi connectivity index (χ3n) is 6.82. The quantitative estimate of drug-likeness (QED) is 0.314. The zero-order chi connectivity index (χ0) is 21.5. The molecular formula is C26H35IN4O. The summed E-state index contributed by atoms with van der Waals surface area (Å²) in [5.41, 5.74) is 3.55. The van der Waals surface area contributed by atoms with E-state index in [-0.39, 0.29) is 35.3 Å². The summed E-state index contributed by atoms with van der Waals surface area (Å²) in [6, 6.07) is 18.8. The molecule has 0 atom stereocenters. The number of aliphatic imine (C=N–C) groups is 1. The van der Waals surface area contributed by atoms with Crippen molar-refractivity contribution in [2.45, 2.75) is 50.5 Å². The van der Waals surface area contributed by atoms with Gasteiger partial charge in [-0.1, -0.05) is 48.9 Å². The van der Waals surface area contributed by atoms with Crippen LogP contribution in [0.3, 0.4) is 0 Å². The monoisotopic (exact) mass is 546 g/mol. The largest absolute Gasteiger partial charge is 0.356 e. The zero-order valence-corrected chi connectivity index (χ0v) is 21.3. The van der Waals surface area contributed by atoms with Gasteiger partial charge in [-0.15, -0.1) is 24.0 Å². The van der Waals surface area contributed by atoms with Gasteiger partial charge in [0.1, 0.15) is 0 Å². The van der Waals surface area contributed by atoms with Crippen LogP contribution < -0.4 is 10.6 Å². The molecule has 4 rings (SSSR count). The molecule has 1 aliphatic carbocycles. The molecule has 2 aliphatic rings. The van der Waals surface area contributed by atoms with Gasteiger partial charge in [0.15, 0.2) is 5.96 Å². The molecule has 2 fully saturated rings. The van der Waals surface area contributed by atoms with Crippen LogP contribution in [0, 0.1) is 0 Å². The maximum absolute atomic E-state index is 12.6. The van der Waals surface area contributed by atoms with Crippen molar-refractivity contribution in [3.63, 3.8) is 0 Å². The second kappa shape index (κ2) is 11.7. The van der Waals surface area contributed by atoms with Crippen LogP contribution in [0.2, 0.25) is 0 Å². The summed E-state index contributed by atoms with van der Waals surface area (Å²) in [5.74, 6) is 0.971. The van der Waals surface area contributed by atoms with Crippen LogP contribution in [0.5, 0.6) is 0 Å². The minimum atomic E-state index is 0. The molecule has 2 aromatic rings. The summed E-state index contributed by atoms with van der Waals surface area (Å²) >= 11 is 0. The Balaban J connectivity index is 0.00000289. The molecule has 1 amide bonds. The highest BCUT2D eigenvalue weighted by Gasteiger charge is 2.38. The lowest BCUT2D eigenvalue weighted by atomic mass is 9.64. The summed E-state index contributed by atoms with van der Waals surface area (Å²) in [6.45, 7) is 3.33. The molecule has 6 heteroatoms. The van der Waals surface area contributed by atoms with E-state index in [4.69, 9.17) is 0 Å². The van der Waals surface area contributed by atoms with Crippen molar-refractivity contribution in [2.75, 3.05) is 26.7 Å². The van der Waals surface area contributed by atoms with Crippen molar-refractivity contribution < 1.29 is 4.79 Å². The van der Waals surface area contributed by atoms with Gasteiger partial charge in [-0.2, -0.15) is 0 Å². The normalized spacial score (nSPS) is 17.7. The number of amides is 1. The highest BCUT2D eigenvalue weighted by molar-refractivity contribution is 14.0. The molecule has 0 aromatic heterocycles. The van der Waals surface area contributed by atoms with Crippen LogP contribution in [0.15, 0.2) is 59.6 Å². The summed E-state index contributed by atoms with van der Waals surface area (Å²) in [4.78, 5) is 19.0. The molecule has 2 aromatic carbocycles. The standard InChI is InChI=1S/C26H34N4O.HI/c1-27-25(29-20-26(15-8-16-26)23-9-4-2-5-10-23)28-19-21-11-13-22(14-12-21)24(31)30-17-6-3-7-18-30;/h2,4-5,9-14H,3,6-8,15-20H2,1H3,(H2,27,28,29);1H. The first-order valence-corrected chi connectivity index (χ1v) is 11.6. The Labute approximate surface area is 209 Å². The Morgan fingerprint density at radius 1 is 0.938 bits per heavy atom. The summed E-state index contributed by atoms with van der Waals surface area (Å²) in [6.07, 6.45) is 7.18. The number of rotatable bonds is 6. The Kier molecular flexibility index (Phi) is 8.96. The van der Waals surface area contributed by atoms with E-state index in [9.17, 15) is 4.79 Å². The predicted octanol–water partition coefficient (Wildman–Crippen LogP) is 4.72. The fourth-order valence-electron chi connectivity index (χ4n) is 4.67. The molecule has 0 unspecified atom stereocenters. The minimum absolute atomic E-state index is 0. The van der Waals surface area contributed by atoms with Gasteiger partial charge in [0.25, 0.3) is 5.91 Å². The number of carbonyl (C=O) groups is 1. The average Bonchev–Trinajstić information content (AvgIpc) is 2.81. The van der Waals surface area contributed by atoms with Crippen LogP contribution >= 0.6 is 24.0 Å².